The van der Waals surface area contributed by atoms with Crippen LogP contribution in [0, 0.1) is 0 Å². The Morgan fingerprint density at radius 1 is 1.43 bits per heavy atom. The van der Waals surface area contributed by atoms with Gasteiger partial charge in [-0.25, -0.2) is 4.79 Å². The molecule has 0 spiro atoms. The summed E-state index contributed by atoms with van der Waals surface area (Å²) in [5, 5.41) is -0.875. The third kappa shape index (κ3) is 2.80. The van der Waals surface area contributed by atoms with Crippen molar-refractivity contribution in [2.75, 3.05) is 20.8 Å². The van der Waals surface area contributed by atoms with Crippen molar-refractivity contribution in [3.05, 3.63) is 0 Å². The second kappa shape index (κ2) is 6.16. The van der Waals surface area contributed by atoms with Crippen LogP contribution < -0.4 is 0 Å². The highest BCUT2D eigenvalue weighted by Crippen LogP contribution is 2.18. The van der Waals surface area contributed by atoms with Crippen LogP contribution in [0.15, 0.2) is 0 Å². The van der Waals surface area contributed by atoms with Gasteiger partial charge in [-0.05, 0) is 13.3 Å². The van der Waals surface area contributed by atoms with E-state index in [0.717, 1.165) is 6.42 Å². The predicted molar refractivity (Wildman–Crippen MR) is 57.4 cm³/mol. The molecule has 5 heteroatoms. The van der Waals surface area contributed by atoms with Gasteiger partial charge >= 0.3 is 5.97 Å². The van der Waals surface area contributed by atoms with E-state index in [4.69, 9.17) is 14.2 Å². The Bertz CT molecular complexity index is 182. The van der Waals surface area contributed by atoms with Crippen LogP contribution in [-0.4, -0.2) is 48.4 Å². The zero-order valence-electron chi connectivity index (χ0n) is 9.62. The third-order valence-corrected chi connectivity index (χ3v) is 3.83. The van der Waals surface area contributed by atoms with Gasteiger partial charge in [0.25, 0.3) is 0 Å². The number of hydrogen-bond acceptors (Lipinski definition) is 4. The van der Waals surface area contributed by atoms with Gasteiger partial charge in [0.05, 0.1) is 23.0 Å². The average Bonchev–Trinajstić information content (AvgIpc) is 2.19. The maximum Gasteiger partial charge on any atom is 0.336 e. The number of carbonyl (C=O) groups is 1. The first kappa shape index (κ1) is 13.6. The molecule has 0 aromatic carbocycles. The van der Waals surface area contributed by atoms with Crippen LogP contribution in [0.4, 0.5) is 0 Å². The zero-order valence-corrected chi connectivity index (χ0v) is 11.6. The molecule has 0 fully saturated rings. The van der Waals surface area contributed by atoms with Gasteiger partial charge in [0, 0.05) is 14.2 Å². The highest BCUT2D eigenvalue weighted by atomic mass is 28.1. The molecule has 0 bridgehead atoms. The van der Waals surface area contributed by atoms with Gasteiger partial charge in [0.2, 0.25) is 0 Å². The predicted octanol–water partition coefficient (Wildman–Crippen LogP) is -0.317. The molecule has 0 saturated heterocycles. The summed E-state index contributed by atoms with van der Waals surface area (Å²) >= 11 is 0. The van der Waals surface area contributed by atoms with Crippen molar-refractivity contribution in [3.8, 4) is 0 Å². The van der Waals surface area contributed by atoms with E-state index in [1.807, 2.05) is 6.92 Å². The van der Waals surface area contributed by atoms with E-state index in [2.05, 4.69) is 0 Å². The molecule has 0 amide bonds. The maximum absolute atomic E-state index is 11.7. The number of methoxy groups -OCH3 is 2. The molecule has 0 aromatic rings. The minimum Gasteiger partial charge on any atom is -0.464 e. The van der Waals surface area contributed by atoms with E-state index in [0.29, 0.717) is 16.8 Å². The summed E-state index contributed by atoms with van der Waals surface area (Å²) in [6.07, 6.45) is 0.505. The van der Waals surface area contributed by atoms with Crippen molar-refractivity contribution in [1.29, 1.82) is 0 Å². The fraction of sp³-hybridized carbons (Fsp3) is 0.889. The Hall–Kier alpha value is -0.393. The van der Waals surface area contributed by atoms with Crippen molar-refractivity contribution >= 4 is 16.2 Å². The maximum atomic E-state index is 11.7. The van der Waals surface area contributed by atoms with Crippen LogP contribution in [0.5, 0.6) is 0 Å². The summed E-state index contributed by atoms with van der Waals surface area (Å²) in [7, 11) is 3.65. The lowest BCUT2D eigenvalue weighted by Gasteiger charge is -2.32. The van der Waals surface area contributed by atoms with E-state index in [1.165, 1.54) is 7.11 Å². The van der Waals surface area contributed by atoms with E-state index in [9.17, 15) is 4.79 Å². The van der Waals surface area contributed by atoms with Gasteiger partial charge in [-0.15, -0.1) is 0 Å². The first-order valence-electron chi connectivity index (χ1n) is 4.81. The van der Waals surface area contributed by atoms with E-state index in [1.54, 1.807) is 14.0 Å². The van der Waals surface area contributed by atoms with E-state index < -0.39 is 5.22 Å². The van der Waals surface area contributed by atoms with Gasteiger partial charge in [-0.1, -0.05) is 6.92 Å². The Morgan fingerprint density at radius 2 is 2.00 bits per heavy atom. The lowest BCUT2D eigenvalue weighted by atomic mass is 10.1. The highest BCUT2D eigenvalue weighted by molar-refractivity contribution is 6.26. The summed E-state index contributed by atoms with van der Waals surface area (Å²) in [6, 6.07) is 0. The molecular weight excluding hydrogens is 200 g/mol. The lowest BCUT2D eigenvalue weighted by Crippen LogP contribution is -2.53. The van der Waals surface area contributed by atoms with Gasteiger partial charge in [-0.2, -0.15) is 0 Å². The summed E-state index contributed by atoms with van der Waals surface area (Å²) in [4.78, 5) is 11.7. The monoisotopic (exact) mass is 220 g/mol. The Kier molecular flexibility index (Phi) is 5.99. The third-order valence-electron chi connectivity index (χ3n) is 2.37. The average molecular weight is 220 g/mol. The topological polar surface area (TPSA) is 44.8 Å². The molecule has 14 heavy (non-hydrogen) atoms. The van der Waals surface area contributed by atoms with Crippen molar-refractivity contribution in [2.24, 2.45) is 0 Å². The minimum absolute atomic E-state index is 0.224. The zero-order chi connectivity index (χ0) is 11.2. The smallest absolute Gasteiger partial charge is 0.336 e. The second-order valence-electron chi connectivity index (χ2n) is 3.16. The van der Waals surface area contributed by atoms with Crippen molar-refractivity contribution in [1.82, 2.24) is 0 Å². The first-order chi connectivity index (χ1) is 6.56. The molecule has 0 saturated carbocycles. The lowest BCUT2D eigenvalue weighted by molar-refractivity contribution is -0.170. The first-order valence-corrected chi connectivity index (χ1v) is 5.81. The quantitative estimate of drug-likeness (QED) is 0.455. The summed E-state index contributed by atoms with van der Waals surface area (Å²) in [6.45, 7) is 4.11. The number of rotatable bonds is 6. The van der Waals surface area contributed by atoms with Crippen LogP contribution in [0.2, 0.25) is 0 Å². The molecule has 0 radical (unpaired) electrons. The van der Waals surface area contributed by atoms with Gasteiger partial charge in [0.1, 0.15) is 0 Å². The molecule has 84 valence electrons. The summed E-state index contributed by atoms with van der Waals surface area (Å²) < 4.78 is 15.5. The molecule has 2 atom stereocenters. The fourth-order valence-corrected chi connectivity index (χ4v) is 2.19. The van der Waals surface area contributed by atoms with Gasteiger partial charge < -0.3 is 14.2 Å². The van der Waals surface area contributed by atoms with E-state index >= 15 is 0 Å². The fourth-order valence-electron chi connectivity index (χ4n) is 1.40. The normalized spacial score (nSPS) is 17.4. The molecule has 0 aliphatic heterocycles. The molecule has 0 rings (SSSR count). The van der Waals surface area contributed by atoms with E-state index in [-0.39, 0.29) is 12.1 Å². The molecule has 0 aromatic heterocycles. The molecule has 2 unspecified atom stereocenters. The largest absolute Gasteiger partial charge is 0.464 e. The molecule has 0 aliphatic rings. The van der Waals surface area contributed by atoms with Crippen molar-refractivity contribution < 1.29 is 19.0 Å². The second-order valence-corrected chi connectivity index (χ2v) is 4.65. The van der Waals surface area contributed by atoms with Crippen LogP contribution in [0.3, 0.4) is 0 Å². The SMILES string of the molecule is CCOC(=O)C([SiH3])(OC)C(CC)OC. The number of hydrogen-bond donors (Lipinski definition) is 0. The molecular formula is C9H20O4Si. The van der Waals surface area contributed by atoms with Gasteiger partial charge in [0.15, 0.2) is 5.22 Å². The highest BCUT2D eigenvalue weighted by Gasteiger charge is 2.42. The van der Waals surface area contributed by atoms with Crippen LogP contribution in [0.25, 0.3) is 0 Å². The molecule has 0 aliphatic carbocycles. The number of carbonyl (C=O) groups excluding carboxylic acids is 1. The van der Waals surface area contributed by atoms with Crippen molar-refractivity contribution in [3.63, 3.8) is 0 Å². The van der Waals surface area contributed by atoms with Crippen LogP contribution in [0.1, 0.15) is 20.3 Å². The molecule has 0 N–H and O–H groups in total. The van der Waals surface area contributed by atoms with Crippen molar-refractivity contribution in [2.45, 2.75) is 31.6 Å². The van der Waals surface area contributed by atoms with Gasteiger partial charge in [-0.3, -0.25) is 0 Å². The standard InChI is InChI=1S/C9H20O4Si/c1-5-7(11-3)9(14,12-4)8(10)13-6-2/h7H,5-6H2,1-4,14H3. The Labute approximate surface area is 88.3 Å². The molecule has 4 nitrogen and oxygen atoms in total. The summed E-state index contributed by atoms with van der Waals surface area (Å²) in [5.74, 6) is -0.317. The summed E-state index contributed by atoms with van der Waals surface area (Å²) in [5.41, 5.74) is 0. The van der Waals surface area contributed by atoms with Crippen LogP contribution in [-0.2, 0) is 19.0 Å². The molecule has 0 heterocycles. The number of esters is 1. The Morgan fingerprint density at radius 3 is 2.29 bits per heavy atom. The number of ether oxygens (including phenoxy) is 3. The van der Waals surface area contributed by atoms with Crippen LogP contribution >= 0.6 is 0 Å². The minimum atomic E-state index is -0.875. The Balaban J connectivity index is 4.66.